The highest BCUT2D eigenvalue weighted by Crippen LogP contribution is 2.18. The minimum absolute atomic E-state index is 0.710. The topological polar surface area (TPSA) is 12.0 Å². The van der Waals surface area contributed by atoms with Crippen LogP contribution < -0.4 is 5.32 Å². The summed E-state index contributed by atoms with van der Waals surface area (Å²) < 4.78 is 0. The van der Waals surface area contributed by atoms with Crippen LogP contribution in [0.1, 0.15) is 5.56 Å². The monoisotopic (exact) mass is 251 g/mol. The predicted molar refractivity (Wildman–Crippen MR) is 70.2 cm³/mol. The van der Waals surface area contributed by atoms with Gasteiger partial charge < -0.3 is 5.32 Å². The number of hydrogen-bond donors (Lipinski definition) is 1. The molecule has 0 heterocycles. The van der Waals surface area contributed by atoms with Gasteiger partial charge in [0.1, 0.15) is 0 Å². The van der Waals surface area contributed by atoms with Crippen molar-refractivity contribution in [2.45, 2.75) is 6.54 Å². The second-order valence-corrected chi connectivity index (χ2v) is 4.30. The summed E-state index contributed by atoms with van der Waals surface area (Å²) in [5, 5.41) is 4.81. The molecule has 3 heteroatoms. The van der Waals surface area contributed by atoms with Crippen molar-refractivity contribution in [3.8, 4) is 0 Å². The molecule has 0 aliphatic rings. The summed E-state index contributed by atoms with van der Waals surface area (Å²) in [5.41, 5.74) is 2.11. The summed E-state index contributed by atoms with van der Waals surface area (Å²) >= 11 is 11.9. The van der Waals surface area contributed by atoms with Crippen LogP contribution in [0.3, 0.4) is 0 Å². The van der Waals surface area contributed by atoms with E-state index in [2.05, 4.69) is 5.32 Å². The normalized spacial score (nSPS) is 10.1. The molecule has 82 valence electrons. The van der Waals surface area contributed by atoms with Gasteiger partial charge in [-0.05, 0) is 35.9 Å². The molecule has 0 aromatic heterocycles. The van der Waals surface area contributed by atoms with E-state index in [1.807, 2.05) is 48.5 Å². The van der Waals surface area contributed by atoms with Gasteiger partial charge in [-0.1, -0.05) is 41.4 Å². The molecule has 0 aliphatic heterocycles. The zero-order valence-corrected chi connectivity index (χ0v) is 10.1. The molecule has 0 radical (unpaired) electrons. The molecular weight excluding hydrogens is 241 g/mol. The smallest absolute Gasteiger partial charge is 0.0455 e. The van der Waals surface area contributed by atoms with Gasteiger partial charge in [0.05, 0.1) is 0 Å². The molecule has 0 amide bonds. The molecule has 0 fully saturated rings. The lowest BCUT2D eigenvalue weighted by atomic mass is 10.2. The number of benzene rings is 2. The molecule has 0 unspecified atom stereocenters. The van der Waals surface area contributed by atoms with Gasteiger partial charge in [0.15, 0.2) is 0 Å². The lowest BCUT2D eigenvalue weighted by Crippen LogP contribution is -1.99. The Morgan fingerprint density at radius 3 is 2.25 bits per heavy atom. The molecule has 0 aliphatic carbocycles. The Labute approximate surface area is 105 Å². The second-order valence-electron chi connectivity index (χ2n) is 3.45. The molecule has 2 aromatic rings. The van der Waals surface area contributed by atoms with Crippen LogP contribution in [0.25, 0.3) is 0 Å². The molecule has 0 atom stereocenters. The molecule has 1 N–H and O–H groups in total. The zero-order valence-electron chi connectivity index (χ0n) is 8.58. The van der Waals surface area contributed by atoms with Crippen molar-refractivity contribution in [3.63, 3.8) is 0 Å². The van der Waals surface area contributed by atoms with Gasteiger partial charge in [-0.3, -0.25) is 0 Å². The Morgan fingerprint density at radius 1 is 0.875 bits per heavy atom. The molecule has 2 rings (SSSR count). The van der Waals surface area contributed by atoms with Crippen LogP contribution in [-0.2, 0) is 6.54 Å². The Balaban J connectivity index is 2.02. The molecule has 0 saturated heterocycles. The van der Waals surface area contributed by atoms with Crippen molar-refractivity contribution < 1.29 is 0 Å². The zero-order chi connectivity index (χ0) is 11.4. The predicted octanol–water partition coefficient (Wildman–Crippen LogP) is 4.61. The van der Waals surface area contributed by atoms with Gasteiger partial charge in [-0.2, -0.15) is 0 Å². The first-order valence-electron chi connectivity index (χ1n) is 4.98. The van der Waals surface area contributed by atoms with Crippen molar-refractivity contribution in [1.82, 2.24) is 0 Å². The van der Waals surface area contributed by atoms with Gasteiger partial charge >= 0.3 is 0 Å². The highest BCUT2D eigenvalue weighted by atomic mass is 35.5. The van der Waals surface area contributed by atoms with E-state index < -0.39 is 0 Å². The van der Waals surface area contributed by atoms with E-state index in [9.17, 15) is 0 Å². The van der Waals surface area contributed by atoms with Crippen LogP contribution in [0.5, 0.6) is 0 Å². The average Bonchev–Trinajstić information content (AvgIpc) is 2.30. The van der Waals surface area contributed by atoms with E-state index in [0.717, 1.165) is 21.3 Å². The minimum atomic E-state index is 0.710. The molecule has 0 spiro atoms. The maximum absolute atomic E-state index is 6.05. The first kappa shape index (κ1) is 11.3. The summed E-state index contributed by atoms with van der Waals surface area (Å²) in [6, 6.07) is 15.4. The van der Waals surface area contributed by atoms with E-state index in [1.54, 1.807) is 0 Å². The molecule has 16 heavy (non-hydrogen) atoms. The highest BCUT2D eigenvalue weighted by Gasteiger charge is 1.98. The summed E-state index contributed by atoms with van der Waals surface area (Å²) in [7, 11) is 0. The van der Waals surface area contributed by atoms with Gasteiger partial charge in [0.25, 0.3) is 0 Å². The van der Waals surface area contributed by atoms with Crippen LogP contribution in [-0.4, -0.2) is 0 Å². The lowest BCUT2D eigenvalue weighted by molar-refractivity contribution is 1.15. The largest absolute Gasteiger partial charge is 0.381 e. The Bertz CT molecular complexity index is 466. The van der Waals surface area contributed by atoms with Crippen molar-refractivity contribution in [1.29, 1.82) is 0 Å². The van der Waals surface area contributed by atoms with Crippen molar-refractivity contribution in [2.75, 3.05) is 5.32 Å². The van der Waals surface area contributed by atoms with Crippen LogP contribution >= 0.6 is 23.2 Å². The van der Waals surface area contributed by atoms with Crippen LogP contribution in [0.4, 0.5) is 5.69 Å². The van der Waals surface area contributed by atoms with Crippen molar-refractivity contribution in [2.24, 2.45) is 0 Å². The van der Waals surface area contributed by atoms with E-state index in [4.69, 9.17) is 23.2 Å². The Hall–Kier alpha value is -1.18. The maximum Gasteiger partial charge on any atom is 0.0455 e. The van der Waals surface area contributed by atoms with E-state index in [-0.39, 0.29) is 0 Å². The summed E-state index contributed by atoms with van der Waals surface area (Å²) in [6.45, 7) is 0.710. The Kier molecular flexibility index (Phi) is 3.70. The van der Waals surface area contributed by atoms with Crippen LogP contribution in [0, 0.1) is 0 Å². The maximum atomic E-state index is 6.05. The number of halogens is 2. The van der Waals surface area contributed by atoms with E-state index in [0.29, 0.717) is 6.54 Å². The molecule has 0 saturated carbocycles. The number of rotatable bonds is 3. The third-order valence-electron chi connectivity index (χ3n) is 2.29. The van der Waals surface area contributed by atoms with Crippen LogP contribution in [0.2, 0.25) is 10.0 Å². The van der Waals surface area contributed by atoms with Crippen molar-refractivity contribution in [3.05, 3.63) is 64.1 Å². The molecule has 2 aromatic carbocycles. The summed E-state index contributed by atoms with van der Waals surface area (Å²) in [4.78, 5) is 0. The quantitative estimate of drug-likeness (QED) is 0.841. The fourth-order valence-corrected chi connectivity index (χ4v) is 1.74. The number of nitrogens with one attached hydrogen (secondary N) is 1. The summed E-state index contributed by atoms with van der Waals surface area (Å²) in [6.07, 6.45) is 0. The number of anilines is 1. The van der Waals surface area contributed by atoms with Gasteiger partial charge in [0.2, 0.25) is 0 Å². The Morgan fingerprint density at radius 2 is 1.56 bits per heavy atom. The molecule has 1 nitrogen and oxygen atoms in total. The lowest BCUT2D eigenvalue weighted by Gasteiger charge is -2.07. The summed E-state index contributed by atoms with van der Waals surface area (Å²) in [5.74, 6) is 0. The standard InChI is InChI=1S/C13H11Cl2N/c14-11-5-7-12(8-6-11)16-9-10-3-1-2-4-13(10)15/h1-8,16H,9H2. The van der Waals surface area contributed by atoms with E-state index >= 15 is 0 Å². The first-order valence-corrected chi connectivity index (χ1v) is 5.74. The molecule has 0 bridgehead atoms. The second kappa shape index (κ2) is 5.24. The average molecular weight is 252 g/mol. The third kappa shape index (κ3) is 2.91. The minimum Gasteiger partial charge on any atom is -0.381 e. The fourth-order valence-electron chi connectivity index (χ4n) is 1.41. The van der Waals surface area contributed by atoms with Gasteiger partial charge in [-0.25, -0.2) is 0 Å². The van der Waals surface area contributed by atoms with Crippen LogP contribution in [0.15, 0.2) is 48.5 Å². The third-order valence-corrected chi connectivity index (χ3v) is 2.91. The highest BCUT2D eigenvalue weighted by molar-refractivity contribution is 6.31. The van der Waals surface area contributed by atoms with Crippen molar-refractivity contribution >= 4 is 28.9 Å². The fraction of sp³-hybridized carbons (Fsp3) is 0.0769. The van der Waals surface area contributed by atoms with Gasteiger partial charge in [0, 0.05) is 22.3 Å². The molecular formula is C13H11Cl2N. The first-order chi connectivity index (χ1) is 7.75. The SMILES string of the molecule is Clc1ccc(NCc2ccccc2Cl)cc1. The van der Waals surface area contributed by atoms with E-state index in [1.165, 1.54) is 0 Å². The van der Waals surface area contributed by atoms with Gasteiger partial charge in [-0.15, -0.1) is 0 Å². The number of hydrogen-bond acceptors (Lipinski definition) is 1.